The molecule has 0 aromatic carbocycles. The zero-order valence-electron chi connectivity index (χ0n) is 14.6. The Hall–Kier alpha value is -0.980. The second-order valence-electron chi connectivity index (χ2n) is 7.34. The summed E-state index contributed by atoms with van der Waals surface area (Å²) in [6.45, 7) is 6.95. The number of aryl methyl sites for hydroxylation is 1. The molecule has 1 saturated carbocycles. The molecule has 2 aromatic rings. The third kappa shape index (κ3) is 3.00. The standard InChI is InChI=1S/C18H26BrN5/c1-13-17-16(19)11-24(18(17)21-12-20-13)15-5-3-14(4-6-15)23-9-7-22(2)8-10-23/h11-12,14-15H,3-10H2,1-2H3. The van der Waals surface area contributed by atoms with Crippen molar-refractivity contribution in [2.45, 2.75) is 44.7 Å². The smallest absolute Gasteiger partial charge is 0.144 e. The Kier molecular flexibility index (Phi) is 4.62. The van der Waals surface area contributed by atoms with Gasteiger partial charge in [0.1, 0.15) is 12.0 Å². The number of nitrogens with zero attached hydrogens (tertiary/aromatic N) is 5. The lowest BCUT2D eigenvalue weighted by molar-refractivity contribution is 0.0827. The molecule has 0 N–H and O–H groups in total. The highest BCUT2D eigenvalue weighted by Gasteiger charge is 2.29. The topological polar surface area (TPSA) is 37.2 Å². The minimum Gasteiger partial charge on any atom is -0.328 e. The summed E-state index contributed by atoms with van der Waals surface area (Å²) in [5, 5.41) is 1.17. The summed E-state index contributed by atoms with van der Waals surface area (Å²) in [5.41, 5.74) is 2.13. The van der Waals surface area contributed by atoms with Gasteiger partial charge < -0.3 is 9.47 Å². The summed E-state index contributed by atoms with van der Waals surface area (Å²) < 4.78 is 3.51. The Balaban J connectivity index is 1.47. The molecule has 6 heteroatoms. The lowest BCUT2D eigenvalue weighted by Crippen LogP contribution is -2.49. The Morgan fingerprint density at radius 2 is 1.67 bits per heavy atom. The van der Waals surface area contributed by atoms with Crippen LogP contribution in [0.1, 0.15) is 37.4 Å². The summed E-state index contributed by atoms with van der Waals surface area (Å²) in [5.74, 6) is 0. The van der Waals surface area contributed by atoms with Gasteiger partial charge in [-0.05, 0) is 55.6 Å². The summed E-state index contributed by atoms with van der Waals surface area (Å²) in [4.78, 5) is 14.1. The zero-order chi connectivity index (χ0) is 16.7. The third-order valence-electron chi connectivity index (χ3n) is 5.87. The van der Waals surface area contributed by atoms with Crippen molar-refractivity contribution >= 4 is 27.0 Å². The molecule has 1 aliphatic heterocycles. The Bertz CT molecular complexity index is 712. The fraction of sp³-hybridized carbons (Fsp3) is 0.667. The van der Waals surface area contributed by atoms with Crippen molar-refractivity contribution in [1.82, 2.24) is 24.3 Å². The maximum Gasteiger partial charge on any atom is 0.144 e. The molecule has 0 radical (unpaired) electrons. The summed E-state index contributed by atoms with van der Waals surface area (Å²) >= 11 is 3.70. The lowest BCUT2D eigenvalue weighted by atomic mass is 9.89. The number of hydrogen-bond donors (Lipinski definition) is 0. The van der Waals surface area contributed by atoms with Crippen LogP contribution in [0.25, 0.3) is 11.0 Å². The van der Waals surface area contributed by atoms with E-state index in [0.29, 0.717) is 6.04 Å². The van der Waals surface area contributed by atoms with Crippen LogP contribution in [0.15, 0.2) is 17.0 Å². The van der Waals surface area contributed by atoms with Crippen molar-refractivity contribution in [3.05, 3.63) is 22.7 Å². The predicted octanol–water partition coefficient (Wildman–Crippen LogP) is 3.23. The minimum atomic E-state index is 0.566. The van der Waals surface area contributed by atoms with E-state index in [1.807, 2.05) is 0 Å². The molecule has 2 aliphatic rings. The van der Waals surface area contributed by atoms with Crippen molar-refractivity contribution in [2.75, 3.05) is 33.2 Å². The number of fused-ring (bicyclic) bond motifs is 1. The molecule has 0 bridgehead atoms. The fourth-order valence-electron chi connectivity index (χ4n) is 4.35. The number of aromatic nitrogens is 3. The van der Waals surface area contributed by atoms with Crippen LogP contribution in [0.5, 0.6) is 0 Å². The lowest BCUT2D eigenvalue weighted by Gasteiger charge is -2.41. The molecule has 0 unspecified atom stereocenters. The maximum absolute atomic E-state index is 4.56. The quantitative estimate of drug-likeness (QED) is 0.787. The highest BCUT2D eigenvalue weighted by Crippen LogP contribution is 2.36. The number of piperazine rings is 1. The van der Waals surface area contributed by atoms with E-state index >= 15 is 0 Å². The van der Waals surface area contributed by atoms with Gasteiger partial charge in [-0.15, -0.1) is 0 Å². The molecule has 3 heterocycles. The summed E-state index contributed by atoms with van der Waals surface area (Å²) in [6.07, 6.45) is 9.00. The summed E-state index contributed by atoms with van der Waals surface area (Å²) in [7, 11) is 2.23. The fourth-order valence-corrected chi connectivity index (χ4v) is 5.04. The molecule has 4 rings (SSSR count). The minimum absolute atomic E-state index is 0.566. The highest BCUT2D eigenvalue weighted by atomic mass is 79.9. The summed E-state index contributed by atoms with van der Waals surface area (Å²) in [6, 6.07) is 1.34. The molecule has 2 fully saturated rings. The Morgan fingerprint density at radius 1 is 1.00 bits per heavy atom. The van der Waals surface area contributed by atoms with Crippen LogP contribution in [0, 0.1) is 6.92 Å². The van der Waals surface area contributed by atoms with Crippen LogP contribution in [0.2, 0.25) is 0 Å². The second-order valence-corrected chi connectivity index (χ2v) is 8.20. The van der Waals surface area contributed by atoms with E-state index in [4.69, 9.17) is 0 Å². The Labute approximate surface area is 152 Å². The molecular formula is C18H26BrN5. The molecule has 1 aliphatic carbocycles. The van der Waals surface area contributed by atoms with E-state index in [9.17, 15) is 0 Å². The molecule has 2 aromatic heterocycles. The van der Waals surface area contributed by atoms with Gasteiger partial charge in [0.15, 0.2) is 0 Å². The first-order valence-corrected chi connectivity index (χ1v) is 9.83. The van der Waals surface area contributed by atoms with E-state index in [1.165, 1.54) is 57.2 Å². The number of halogens is 1. The molecule has 24 heavy (non-hydrogen) atoms. The van der Waals surface area contributed by atoms with Crippen LogP contribution >= 0.6 is 15.9 Å². The van der Waals surface area contributed by atoms with Gasteiger partial charge >= 0.3 is 0 Å². The van der Waals surface area contributed by atoms with Crippen LogP contribution in [-0.2, 0) is 0 Å². The first kappa shape index (κ1) is 16.5. The molecule has 0 spiro atoms. The zero-order valence-corrected chi connectivity index (χ0v) is 16.2. The largest absolute Gasteiger partial charge is 0.328 e. The van der Waals surface area contributed by atoms with Crippen LogP contribution in [-0.4, -0.2) is 63.6 Å². The van der Waals surface area contributed by atoms with Gasteiger partial charge in [0.05, 0.1) is 11.1 Å². The average Bonchev–Trinajstić information content (AvgIpc) is 2.94. The van der Waals surface area contributed by atoms with Gasteiger partial charge in [0.25, 0.3) is 0 Å². The van der Waals surface area contributed by atoms with Gasteiger partial charge in [0, 0.05) is 48.9 Å². The van der Waals surface area contributed by atoms with Crippen molar-refractivity contribution in [3.8, 4) is 0 Å². The van der Waals surface area contributed by atoms with Gasteiger partial charge in [-0.25, -0.2) is 9.97 Å². The van der Waals surface area contributed by atoms with E-state index in [1.54, 1.807) is 6.33 Å². The molecular weight excluding hydrogens is 366 g/mol. The number of likely N-dealkylation sites (N-methyl/N-ethyl adjacent to an activating group) is 1. The average molecular weight is 392 g/mol. The van der Waals surface area contributed by atoms with E-state index in [0.717, 1.165) is 21.9 Å². The van der Waals surface area contributed by atoms with E-state index < -0.39 is 0 Å². The molecule has 5 nitrogen and oxygen atoms in total. The first-order valence-electron chi connectivity index (χ1n) is 9.03. The SMILES string of the molecule is Cc1ncnc2c1c(Br)cn2C1CCC(N2CCN(C)CC2)CC1. The highest BCUT2D eigenvalue weighted by molar-refractivity contribution is 9.10. The van der Waals surface area contributed by atoms with Crippen LogP contribution < -0.4 is 0 Å². The van der Waals surface area contributed by atoms with Gasteiger partial charge in [-0.1, -0.05) is 0 Å². The van der Waals surface area contributed by atoms with Crippen molar-refractivity contribution in [3.63, 3.8) is 0 Å². The Morgan fingerprint density at radius 3 is 2.38 bits per heavy atom. The van der Waals surface area contributed by atoms with Crippen molar-refractivity contribution in [1.29, 1.82) is 0 Å². The molecule has 0 amide bonds. The normalized spacial score (nSPS) is 27.0. The van der Waals surface area contributed by atoms with Gasteiger partial charge in [0.2, 0.25) is 0 Å². The number of rotatable bonds is 2. The molecule has 130 valence electrons. The van der Waals surface area contributed by atoms with Gasteiger partial charge in [-0.2, -0.15) is 0 Å². The van der Waals surface area contributed by atoms with E-state index in [2.05, 4.69) is 60.4 Å². The monoisotopic (exact) mass is 391 g/mol. The first-order chi connectivity index (χ1) is 11.6. The maximum atomic E-state index is 4.56. The third-order valence-corrected chi connectivity index (χ3v) is 6.47. The number of hydrogen-bond acceptors (Lipinski definition) is 4. The van der Waals surface area contributed by atoms with Crippen molar-refractivity contribution in [2.24, 2.45) is 0 Å². The molecule has 1 saturated heterocycles. The van der Waals surface area contributed by atoms with Crippen LogP contribution in [0.3, 0.4) is 0 Å². The van der Waals surface area contributed by atoms with Crippen LogP contribution in [0.4, 0.5) is 0 Å². The molecule has 0 atom stereocenters. The second kappa shape index (κ2) is 6.73. The van der Waals surface area contributed by atoms with Crippen molar-refractivity contribution < 1.29 is 0 Å². The van der Waals surface area contributed by atoms with E-state index in [-0.39, 0.29) is 0 Å². The van der Waals surface area contributed by atoms with Gasteiger partial charge in [-0.3, -0.25) is 4.90 Å². The predicted molar refractivity (Wildman–Crippen MR) is 100 cm³/mol.